The second-order valence-corrected chi connectivity index (χ2v) is 9.62. The van der Waals surface area contributed by atoms with Crippen LogP contribution in [-0.4, -0.2) is 62.3 Å². The van der Waals surface area contributed by atoms with Crippen molar-refractivity contribution in [2.75, 3.05) is 44.4 Å². The Morgan fingerprint density at radius 1 is 0.944 bits per heavy atom. The van der Waals surface area contributed by atoms with Crippen LogP contribution in [0.5, 0.6) is 11.5 Å². The second kappa shape index (κ2) is 11.2. The lowest BCUT2D eigenvalue weighted by Crippen LogP contribution is -2.51. The van der Waals surface area contributed by atoms with Crippen LogP contribution in [0.25, 0.3) is 0 Å². The number of rotatable bonds is 6. The van der Waals surface area contributed by atoms with Gasteiger partial charge in [-0.3, -0.25) is 14.5 Å². The van der Waals surface area contributed by atoms with Gasteiger partial charge in [0.1, 0.15) is 5.82 Å². The Morgan fingerprint density at radius 3 is 2.47 bits per heavy atom. The van der Waals surface area contributed by atoms with Gasteiger partial charge < -0.3 is 25.0 Å². The van der Waals surface area contributed by atoms with Crippen LogP contribution in [0.3, 0.4) is 0 Å². The maximum Gasteiger partial charge on any atom is 0.309 e. The van der Waals surface area contributed by atoms with E-state index in [2.05, 4.69) is 15.5 Å². The summed E-state index contributed by atoms with van der Waals surface area (Å²) >= 11 is 0. The number of nitrogens with zero attached hydrogens (tertiary/aromatic N) is 2. The molecule has 5 rings (SSSR count). The molecule has 2 fully saturated rings. The monoisotopic (exact) mass is 496 g/mol. The van der Waals surface area contributed by atoms with Crippen molar-refractivity contribution in [1.82, 2.24) is 15.5 Å². The zero-order valence-corrected chi connectivity index (χ0v) is 20.4. The minimum atomic E-state index is -0.615. The third-order valence-electron chi connectivity index (χ3n) is 7.33. The number of carbonyl (C=O) groups is 2. The lowest BCUT2D eigenvalue weighted by Gasteiger charge is -2.40. The molecule has 1 saturated carbocycles. The Labute approximate surface area is 210 Å². The minimum Gasteiger partial charge on any atom is -0.454 e. The normalized spacial score (nSPS) is 19.1. The van der Waals surface area contributed by atoms with Crippen molar-refractivity contribution in [2.45, 2.75) is 44.2 Å². The Hall–Kier alpha value is -3.33. The molecule has 0 aromatic heterocycles. The van der Waals surface area contributed by atoms with Gasteiger partial charge in [0, 0.05) is 38.8 Å². The summed E-state index contributed by atoms with van der Waals surface area (Å²) in [5.41, 5.74) is 1.57. The summed E-state index contributed by atoms with van der Waals surface area (Å²) in [7, 11) is 0. The van der Waals surface area contributed by atoms with Crippen molar-refractivity contribution in [3.63, 3.8) is 0 Å². The van der Waals surface area contributed by atoms with Gasteiger partial charge in [-0.1, -0.05) is 37.5 Å². The molecule has 2 amide bonds. The number of nitrogens with one attached hydrogen (secondary N) is 2. The van der Waals surface area contributed by atoms with Crippen molar-refractivity contribution >= 4 is 17.5 Å². The van der Waals surface area contributed by atoms with Gasteiger partial charge in [0.15, 0.2) is 11.5 Å². The van der Waals surface area contributed by atoms with Crippen molar-refractivity contribution in [3.8, 4) is 11.5 Å². The molecule has 36 heavy (non-hydrogen) atoms. The van der Waals surface area contributed by atoms with Gasteiger partial charge in [-0.05, 0) is 42.7 Å². The van der Waals surface area contributed by atoms with Crippen molar-refractivity contribution in [3.05, 3.63) is 53.8 Å². The molecule has 3 aliphatic rings. The zero-order valence-electron chi connectivity index (χ0n) is 20.4. The van der Waals surface area contributed by atoms with Crippen LogP contribution in [-0.2, 0) is 9.59 Å². The molecule has 1 aliphatic carbocycles. The van der Waals surface area contributed by atoms with Crippen LogP contribution in [0.4, 0.5) is 10.1 Å². The highest BCUT2D eigenvalue weighted by Gasteiger charge is 2.29. The largest absolute Gasteiger partial charge is 0.454 e. The number of piperazine rings is 1. The molecule has 1 atom stereocenters. The van der Waals surface area contributed by atoms with Crippen molar-refractivity contribution in [1.29, 1.82) is 0 Å². The second-order valence-electron chi connectivity index (χ2n) is 9.62. The summed E-state index contributed by atoms with van der Waals surface area (Å²) in [6, 6.07) is 12.5. The van der Waals surface area contributed by atoms with E-state index in [0.29, 0.717) is 43.4 Å². The quantitative estimate of drug-likeness (QED) is 0.599. The first kappa shape index (κ1) is 24.4. The summed E-state index contributed by atoms with van der Waals surface area (Å²) < 4.78 is 25.3. The highest BCUT2D eigenvalue weighted by Crippen LogP contribution is 2.36. The molecule has 2 heterocycles. The number of ether oxygens (including phenoxy) is 2. The van der Waals surface area contributed by atoms with Crippen LogP contribution in [0.15, 0.2) is 42.5 Å². The number of benzene rings is 2. The Kier molecular flexibility index (Phi) is 7.55. The minimum absolute atomic E-state index is 0.0770. The van der Waals surface area contributed by atoms with Crippen molar-refractivity contribution < 1.29 is 23.5 Å². The average Bonchev–Trinajstić information content (AvgIpc) is 3.38. The molecule has 2 aliphatic heterocycles. The standard InChI is InChI=1S/C27H33FN4O4/c28-21-8-4-5-9-22(21)31-12-14-32(15-13-31)23(19-10-11-24-25(16-19)36-18-35-24)17-29-26(33)27(34)30-20-6-2-1-3-7-20/h4-5,8-11,16,20,23H,1-3,6-7,12-15,17-18H2,(H,29,33)(H,30,34). The predicted octanol–water partition coefficient (Wildman–Crippen LogP) is 2.98. The molecule has 2 N–H and O–H groups in total. The molecule has 2 aromatic carbocycles. The summed E-state index contributed by atoms with van der Waals surface area (Å²) in [5, 5.41) is 5.73. The highest BCUT2D eigenvalue weighted by atomic mass is 19.1. The maximum absolute atomic E-state index is 14.3. The fraction of sp³-hybridized carbons (Fsp3) is 0.481. The topological polar surface area (TPSA) is 83.1 Å². The fourth-order valence-corrected chi connectivity index (χ4v) is 5.33. The van der Waals surface area contributed by atoms with E-state index in [1.54, 1.807) is 12.1 Å². The van der Waals surface area contributed by atoms with E-state index in [-0.39, 0.29) is 31.2 Å². The number of para-hydroxylation sites is 1. The van der Waals surface area contributed by atoms with Gasteiger partial charge in [-0.2, -0.15) is 0 Å². The number of hydrogen-bond acceptors (Lipinski definition) is 6. The lowest BCUT2D eigenvalue weighted by atomic mass is 9.95. The smallest absolute Gasteiger partial charge is 0.309 e. The number of fused-ring (bicyclic) bond motifs is 1. The van der Waals surface area contributed by atoms with Crippen molar-refractivity contribution in [2.24, 2.45) is 0 Å². The molecule has 0 bridgehead atoms. The first-order valence-corrected chi connectivity index (χ1v) is 12.8. The van der Waals surface area contributed by atoms with Crippen LogP contribution >= 0.6 is 0 Å². The fourth-order valence-electron chi connectivity index (χ4n) is 5.33. The Bertz CT molecular complexity index is 1080. The number of amides is 2. The molecule has 2 aromatic rings. The van der Waals surface area contributed by atoms with E-state index >= 15 is 0 Å². The summed E-state index contributed by atoms with van der Waals surface area (Å²) in [4.78, 5) is 29.5. The Morgan fingerprint density at radius 2 is 1.69 bits per heavy atom. The SMILES string of the molecule is O=C(NCC(c1ccc2c(c1)OCO2)N1CCN(c2ccccc2F)CC1)C(=O)NC1CCCCC1. The first-order valence-electron chi connectivity index (χ1n) is 12.8. The number of carbonyl (C=O) groups excluding carboxylic acids is 2. The molecular weight excluding hydrogens is 463 g/mol. The lowest BCUT2D eigenvalue weighted by molar-refractivity contribution is -0.139. The maximum atomic E-state index is 14.3. The summed E-state index contributed by atoms with van der Waals surface area (Å²) in [5.74, 6) is -0.0526. The highest BCUT2D eigenvalue weighted by molar-refractivity contribution is 6.35. The third kappa shape index (κ3) is 5.56. The predicted molar refractivity (Wildman–Crippen MR) is 134 cm³/mol. The summed E-state index contributed by atoms with van der Waals surface area (Å²) in [6.45, 7) is 3.12. The Balaban J connectivity index is 1.26. The summed E-state index contributed by atoms with van der Waals surface area (Å²) in [6.07, 6.45) is 5.19. The van der Waals surface area contributed by atoms with Crippen LogP contribution in [0.2, 0.25) is 0 Å². The number of halogens is 1. The molecular formula is C27H33FN4O4. The van der Waals surface area contributed by atoms with Gasteiger partial charge >= 0.3 is 11.8 Å². The first-order chi connectivity index (χ1) is 17.6. The van der Waals surface area contributed by atoms with E-state index in [1.165, 1.54) is 12.5 Å². The van der Waals surface area contributed by atoms with Gasteiger partial charge in [-0.15, -0.1) is 0 Å². The van der Waals surface area contributed by atoms with Crippen LogP contribution in [0, 0.1) is 5.82 Å². The molecule has 1 unspecified atom stereocenters. The molecule has 1 saturated heterocycles. The van der Waals surface area contributed by atoms with E-state index in [4.69, 9.17) is 9.47 Å². The molecule has 0 spiro atoms. The van der Waals surface area contributed by atoms with Crippen LogP contribution in [0.1, 0.15) is 43.7 Å². The average molecular weight is 497 g/mol. The van der Waals surface area contributed by atoms with E-state index in [0.717, 1.165) is 31.2 Å². The van der Waals surface area contributed by atoms with E-state index in [1.807, 2.05) is 29.2 Å². The zero-order chi connectivity index (χ0) is 24.9. The molecule has 8 nitrogen and oxygen atoms in total. The van der Waals surface area contributed by atoms with Gasteiger partial charge in [-0.25, -0.2) is 4.39 Å². The molecule has 9 heteroatoms. The number of anilines is 1. The van der Waals surface area contributed by atoms with E-state index in [9.17, 15) is 14.0 Å². The van der Waals surface area contributed by atoms with Gasteiger partial charge in [0.05, 0.1) is 11.7 Å². The van der Waals surface area contributed by atoms with Gasteiger partial charge in [0.2, 0.25) is 6.79 Å². The molecule has 0 radical (unpaired) electrons. The van der Waals surface area contributed by atoms with E-state index < -0.39 is 11.8 Å². The third-order valence-corrected chi connectivity index (χ3v) is 7.33. The molecule has 192 valence electrons. The van der Waals surface area contributed by atoms with Gasteiger partial charge in [0.25, 0.3) is 0 Å². The van der Waals surface area contributed by atoms with Crippen LogP contribution < -0.4 is 25.0 Å². The number of hydrogen-bond donors (Lipinski definition) is 2.